The van der Waals surface area contributed by atoms with Crippen molar-refractivity contribution in [2.24, 2.45) is 0 Å². The zero-order valence-corrected chi connectivity index (χ0v) is 12.8. The van der Waals surface area contributed by atoms with E-state index in [1.165, 1.54) is 0 Å². The maximum atomic E-state index is 5.92. The van der Waals surface area contributed by atoms with Crippen molar-refractivity contribution in [2.45, 2.75) is 59.5 Å². The largest absolute Gasteiger partial charge is 0.472 e. The number of anilines is 1. The second kappa shape index (κ2) is 4.75. The van der Waals surface area contributed by atoms with E-state index in [0.717, 1.165) is 17.2 Å². The van der Waals surface area contributed by atoms with Crippen LogP contribution in [0.3, 0.4) is 0 Å². The molecule has 4 nitrogen and oxygen atoms in total. The molecule has 102 valence electrons. The predicted octanol–water partition coefficient (Wildman–Crippen LogP) is 3.30. The van der Waals surface area contributed by atoms with E-state index in [2.05, 4.69) is 36.1 Å². The van der Waals surface area contributed by atoms with Gasteiger partial charge in [0.2, 0.25) is 5.88 Å². The van der Waals surface area contributed by atoms with E-state index in [0.29, 0.717) is 5.88 Å². The summed E-state index contributed by atoms with van der Waals surface area (Å²) in [7, 11) is 1.86. The zero-order valence-electron chi connectivity index (χ0n) is 12.8. The lowest BCUT2D eigenvalue weighted by Crippen LogP contribution is -2.26. The van der Waals surface area contributed by atoms with Crippen molar-refractivity contribution in [1.29, 1.82) is 0 Å². The van der Waals surface area contributed by atoms with Gasteiger partial charge in [-0.1, -0.05) is 20.8 Å². The first kappa shape index (κ1) is 14.7. The van der Waals surface area contributed by atoms with Gasteiger partial charge in [-0.3, -0.25) is 0 Å². The van der Waals surface area contributed by atoms with E-state index >= 15 is 0 Å². The summed E-state index contributed by atoms with van der Waals surface area (Å²) in [4.78, 5) is 9.11. The van der Waals surface area contributed by atoms with Crippen LogP contribution in [0.25, 0.3) is 0 Å². The molecule has 0 aliphatic carbocycles. The van der Waals surface area contributed by atoms with Crippen LogP contribution >= 0.6 is 0 Å². The fraction of sp³-hybridized carbons (Fsp3) is 0.714. The van der Waals surface area contributed by atoms with Gasteiger partial charge in [-0.15, -0.1) is 0 Å². The van der Waals surface area contributed by atoms with Crippen LogP contribution in [0.4, 0.5) is 5.82 Å². The summed E-state index contributed by atoms with van der Waals surface area (Å²) in [6.45, 7) is 14.3. The van der Waals surface area contributed by atoms with Gasteiger partial charge in [-0.2, -0.15) is 4.98 Å². The molecule has 0 saturated carbocycles. The van der Waals surface area contributed by atoms with Gasteiger partial charge in [0.1, 0.15) is 17.2 Å². The molecule has 0 amide bonds. The molecule has 1 aromatic rings. The third-order valence-corrected chi connectivity index (χ3v) is 2.41. The maximum absolute atomic E-state index is 5.92. The molecule has 0 aliphatic heterocycles. The zero-order chi connectivity index (χ0) is 14.1. The summed E-state index contributed by atoms with van der Waals surface area (Å²) >= 11 is 0. The molecule has 1 aromatic heterocycles. The second-order valence-electron chi connectivity index (χ2n) is 6.54. The molecule has 0 atom stereocenters. The molecular weight excluding hydrogens is 226 g/mol. The highest BCUT2D eigenvalue weighted by atomic mass is 16.5. The molecule has 0 bridgehead atoms. The first-order chi connectivity index (χ1) is 8.04. The van der Waals surface area contributed by atoms with Gasteiger partial charge in [-0.05, 0) is 27.7 Å². The second-order valence-corrected chi connectivity index (χ2v) is 6.54. The van der Waals surface area contributed by atoms with E-state index < -0.39 is 0 Å². The fourth-order valence-electron chi connectivity index (χ4n) is 1.46. The summed E-state index contributed by atoms with van der Waals surface area (Å²) < 4.78 is 5.92. The summed E-state index contributed by atoms with van der Waals surface area (Å²) in [6.07, 6.45) is 0. The molecule has 1 heterocycles. The highest BCUT2D eigenvalue weighted by Gasteiger charge is 2.23. The Morgan fingerprint density at radius 2 is 1.56 bits per heavy atom. The van der Waals surface area contributed by atoms with Crippen LogP contribution in [-0.4, -0.2) is 22.6 Å². The molecule has 1 rings (SSSR count). The molecule has 0 spiro atoms. The van der Waals surface area contributed by atoms with Crippen LogP contribution in [0.15, 0.2) is 0 Å². The Balaban J connectivity index is 3.32. The highest BCUT2D eigenvalue weighted by Crippen LogP contribution is 2.29. The minimum absolute atomic E-state index is 0.102. The summed E-state index contributed by atoms with van der Waals surface area (Å²) in [6, 6.07) is 0. The third-order valence-electron chi connectivity index (χ3n) is 2.41. The Kier molecular flexibility index (Phi) is 3.89. The lowest BCUT2D eigenvalue weighted by molar-refractivity contribution is 0.122. The fourth-order valence-corrected chi connectivity index (χ4v) is 1.46. The number of nitrogens with zero attached hydrogens (tertiary/aromatic N) is 2. The van der Waals surface area contributed by atoms with Gasteiger partial charge in [0, 0.05) is 12.5 Å². The van der Waals surface area contributed by atoms with Crippen molar-refractivity contribution in [3.8, 4) is 5.88 Å². The lowest BCUT2D eigenvalue weighted by atomic mass is 9.95. The van der Waals surface area contributed by atoms with Gasteiger partial charge >= 0.3 is 0 Å². The molecule has 0 aliphatic rings. The Labute approximate surface area is 110 Å². The molecule has 0 aromatic carbocycles. The predicted molar refractivity (Wildman–Crippen MR) is 75.4 cm³/mol. The topological polar surface area (TPSA) is 47.0 Å². The monoisotopic (exact) mass is 251 g/mol. The first-order valence-corrected chi connectivity index (χ1v) is 6.30. The maximum Gasteiger partial charge on any atom is 0.222 e. The number of aromatic nitrogens is 2. The number of hydrogen-bond acceptors (Lipinski definition) is 4. The van der Waals surface area contributed by atoms with Gasteiger partial charge in [0.15, 0.2) is 0 Å². The molecular formula is C14H25N3O. The SMILES string of the molecule is CNc1nc(C(C)(C)C)nc(OC(C)(C)C)c1C. The van der Waals surface area contributed by atoms with Crippen molar-refractivity contribution in [1.82, 2.24) is 9.97 Å². The van der Waals surface area contributed by atoms with Crippen molar-refractivity contribution < 1.29 is 4.74 Å². The van der Waals surface area contributed by atoms with E-state index in [9.17, 15) is 0 Å². The van der Waals surface area contributed by atoms with Crippen LogP contribution in [0.5, 0.6) is 5.88 Å². The van der Waals surface area contributed by atoms with Crippen LogP contribution in [-0.2, 0) is 5.41 Å². The minimum atomic E-state index is -0.265. The van der Waals surface area contributed by atoms with E-state index in [4.69, 9.17) is 4.74 Å². The summed E-state index contributed by atoms with van der Waals surface area (Å²) in [5, 5.41) is 3.10. The van der Waals surface area contributed by atoms with Crippen molar-refractivity contribution in [2.75, 3.05) is 12.4 Å². The number of ether oxygens (including phenoxy) is 1. The van der Waals surface area contributed by atoms with Gasteiger partial charge in [0.05, 0.1) is 5.56 Å². The lowest BCUT2D eigenvalue weighted by Gasteiger charge is -2.25. The molecule has 1 N–H and O–H groups in total. The van der Waals surface area contributed by atoms with E-state index in [1.54, 1.807) is 0 Å². The number of nitrogens with one attached hydrogen (secondary N) is 1. The van der Waals surface area contributed by atoms with Crippen molar-refractivity contribution in [3.05, 3.63) is 11.4 Å². The van der Waals surface area contributed by atoms with Gasteiger partial charge in [0.25, 0.3) is 0 Å². The summed E-state index contributed by atoms with van der Waals surface area (Å²) in [5.41, 5.74) is 0.578. The molecule has 18 heavy (non-hydrogen) atoms. The highest BCUT2D eigenvalue weighted by molar-refractivity contribution is 5.48. The average Bonchev–Trinajstić information content (AvgIpc) is 2.17. The Hall–Kier alpha value is -1.32. The Morgan fingerprint density at radius 1 is 1.00 bits per heavy atom. The van der Waals surface area contributed by atoms with Gasteiger partial charge in [-0.25, -0.2) is 4.98 Å². The van der Waals surface area contributed by atoms with E-state index in [-0.39, 0.29) is 11.0 Å². The minimum Gasteiger partial charge on any atom is -0.472 e. The quantitative estimate of drug-likeness (QED) is 0.876. The standard InChI is InChI=1S/C14H25N3O/c1-9-10(15-8)16-12(13(2,3)4)17-11(9)18-14(5,6)7/h1-8H3,(H,15,16,17). The summed E-state index contributed by atoms with van der Waals surface area (Å²) in [5.74, 6) is 2.28. The van der Waals surface area contributed by atoms with Crippen LogP contribution in [0.2, 0.25) is 0 Å². The molecule has 0 fully saturated rings. The molecule has 0 saturated heterocycles. The van der Waals surface area contributed by atoms with Crippen LogP contribution < -0.4 is 10.1 Å². The number of rotatable bonds is 2. The van der Waals surface area contributed by atoms with Crippen molar-refractivity contribution in [3.63, 3.8) is 0 Å². The molecule has 0 radical (unpaired) electrons. The normalized spacial score (nSPS) is 12.4. The van der Waals surface area contributed by atoms with Crippen molar-refractivity contribution >= 4 is 5.82 Å². The number of hydrogen-bond donors (Lipinski definition) is 1. The first-order valence-electron chi connectivity index (χ1n) is 6.30. The van der Waals surface area contributed by atoms with E-state index in [1.807, 2.05) is 34.7 Å². The molecule has 4 heteroatoms. The van der Waals surface area contributed by atoms with Crippen LogP contribution in [0.1, 0.15) is 52.9 Å². The third kappa shape index (κ3) is 3.59. The Bertz CT molecular complexity index is 428. The Morgan fingerprint density at radius 3 is 1.94 bits per heavy atom. The van der Waals surface area contributed by atoms with Gasteiger partial charge < -0.3 is 10.1 Å². The average molecular weight is 251 g/mol. The van der Waals surface area contributed by atoms with Crippen LogP contribution in [0, 0.1) is 6.92 Å². The molecule has 0 unspecified atom stereocenters. The smallest absolute Gasteiger partial charge is 0.222 e.